The monoisotopic (exact) mass is 304 g/mol. The third-order valence-corrected chi connectivity index (χ3v) is 3.27. The van der Waals surface area contributed by atoms with Gasteiger partial charge in [-0.1, -0.05) is 12.1 Å². The molecule has 4 nitrogen and oxygen atoms in total. The summed E-state index contributed by atoms with van der Waals surface area (Å²) in [6, 6.07) is 13.4. The van der Waals surface area contributed by atoms with Gasteiger partial charge in [0.25, 0.3) is 0 Å². The number of ether oxygens (including phenoxy) is 2. The lowest BCUT2D eigenvalue weighted by Gasteiger charge is -2.10. The maximum Gasteiger partial charge on any atom is 0.130 e. The van der Waals surface area contributed by atoms with Crippen molar-refractivity contribution in [2.24, 2.45) is 10.7 Å². The van der Waals surface area contributed by atoms with Crippen LogP contribution in [-0.2, 0) is 0 Å². The van der Waals surface area contributed by atoms with Gasteiger partial charge in [-0.3, -0.25) is 0 Å². The van der Waals surface area contributed by atoms with Crippen molar-refractivity contribution in [2.75, 3.05) is 20.1 Å². The molecule has 0 unspecified atom stereocenters. The van der Waals surface area contributed by atoms with Crippen LogP contribution in [0.25, 0.3) is 11.1 Å². The second-order valence-electron chi connectivity index (χ2n) is 4.35. The average molecular weight is 305 g/mol. The summed E-state index contributed by atoms with van der Waals surface area (Å²) in [5.74, 6) is 2.12. The second kappa shape index (κ2) is 6.99. The number of aliphatic imine (C=N–C) groups is 1. The highest BCUT2D eigenvalue weighted by Gasteiger charge is 2.07. The van der Waals surface area contributed by atoms with Crippen LogP contribution < -0.4 is 15.2 Å². The van der Waals surface area contributed by atoms with E-state index in [1.807, 2.05) is 42.5 Å². The molecular weight excluding hydrogens is 288 g/mol. The van der Waals surface area contributed by atoms with E-state index in [1.54, 1.807) is 14.2 Å². The molecule has 2 aromatic carbocycles. The van der Waals surface area contributed by atoms with E-state index >= 15 is 0 Å². The molecule has 2 aromatic rings. The van der Waals surface area contributed by atoms with Gasteiger partial charge in [0.15, 0.2) is 0 Å². The Bertz CT molecular complexity index is 639. The molecule has 0 aliphatic carbocycles. The Kier molecular flexibility index (Phi) is 5.06. The molecule has 0 bridgehead atoms. The van der Waals surface area contributed by atoms with Crippen molar-refractivity contribution in [3.8, 4) is 22.6 Å². The summed E-state index contributed by atoms with van der Waals surface area (Å²) >= 11 is 5.61. The Morgan fingerprint density at radius 1 is 1.10 bits per heavy atom. The molecule has 21 heavy (non-hydrogen) atoms. The smallest absolute Gasteiger partial charge is 0.130 e. The quantitative estimate of drug-likeness (QED) is 0.521. The van der Waals surface area contributed by atoms with Crippen LogP contribution in [0.15, 0.2) is 47.5 Å². The average Bonchev–Trinajstić information content (AvgIpc) is 2.54. The molecule has 0 atom stereocenters. The van der Waals surface area contributed by atoms with Crippen LogP contribution in [-0.4, -0.2) is 25.9 Å². The topological polar surface area (TPSA) is 56.8 Å². The summed E-state index contributed by atoms with van der Waals surface area (Å²) < 4.78 is 10.6. The van der Waals surface area contributed by atoms with Crippen LogP contribution in [0.3, 0.4) is 0 Å². The first-order valence-electron chi connectivity index (χ1n) is 6.39. The Hall–Kier alpha value is -2.20. The predicted molar refractivity (Wildman–Crippen MR) is 87.0 cm³/mol. The summed E-state index contributed by atoms with van der Waals surface area (Å²) in [5, 5.41) is 0. The summed E-state index contributed by atoms with van der Waals surface area (Å²) in [6.45, 7) is 0. The van der Waals surface area contributed by atoms with Crippen molar-refractivity contribution in [3.63, 3.8) is 0 Å². The van der Waals surface area contributed by atoms with Crippen LogP contribution in [0.2, 0.25) is 0 Å². The number of hydrogen-bond donors (Lipinski definition) is 1. The molecule has 0 saturated carbocycles. The largest absolute Gasteiger partial charge is 0.497 e. The van der Waals surface area contributed by atoms with Crippen molar-refractivity contribution in [1.82, 2.24) is 0 Å². The van der Waals surface area contributed by atoms with Gasteiger partial charge in [0.1, 0.15) is 17.3 Å². The van der Waals surface area contributed by atoms with Crippen LogP contribution in [0.4, 0.5) is 5.69 Å². The minimum absolute atomic E-state index is 0.216. The number of rotatable bonds is 5. The van der Waals surface area contributed by atoms with E-state index in [9.17, 15) is 0 Å². The molecule has 0 spiro atoms. The molecular formula is C16H17ClN2O2. The fourth-order valence-corrected chi connectivity index (χ4v) is 2.01. The van der Waals surface area contributed by atoms with Gasteiger partial charge in [-0.05, 0) is 29.8 Å². The lowest BCUT2D eigenvalue weighted by Crippen LogP contribution is -2.12. The minimum atomic E-state index is 0.216. The second-order valence-corrected chi connectivity index (χ2v) is 4.62. The number of hydrogen-bond acceptors (Lipinski definition) is 3. The minimum Gasteiger partial charge on any atom is -0.497 e. The maximum atomic E-state index is 5.62. The third-order valence-electron chi connectivity index (χ3n) is 3.00. The zero-order chi connectivity index (χ0) is 15.2. The molecule has 5 heteroatoms. The Morgan fingerprint density at radius 3 is 2.38 bits per heavy atom. The molecule has 0 saturated heterocycles. The van der Waals surface area contributed by atoms with E-state index in [0.717, 1.165) is 28.3 Å². The van der Waals surface area contributed by atoms with Gasteiger partial charge in [0.05, 0.1) is 25.8 Å². The van der Waals surface area contributed by atoms with Gasteiger partial charge >= 0.3 is 0 Å². The zero-order valence-electron chi connectivity index (χ0n) is 12.0. The van der Waals surface area contributed by atoms with Gasteiger partial charge in [-0.15, -0.1) is 11.6 Å². The molecule has 0 aliphatic heterocycles. The molecule has 0 aliphatic rings. The van der Waals surface area contributed by atoms with E-state index in [-0.39, 0.29) is 5.88 Å². The van der Waals surface area contributed by atoms with Gasteiger partial charge in [-0.25, -0.2) is 4.99 Å². The van der Waals surface area contributed by atoms with E-state index < -0.39 is 0 Å². The molecule has 0 aromatic heterocycles. The Labute approximate surface area is 129 Å². The SMILES string of the molecule is COc1ccc(-c2ccc(N=C(N)CCl)cc2)c(OC)c1. The van der Waals surface area contributed by atoms with Crippen molar-refractivity contribution in [2.45, 2.75) is 0 Å². The normalized spacial score (nSPS) is 11.3. The third kappa shape index (κ3) is 3.67. The Balaban J connectivity index is 2.34. The number of alkyl halides is 1. The lowest BCUT2D eigenvalue weighted by atomic mass is 10.0. The number of amidine groups is 1. The molecule has 110 valence electrons. The highest BCUT2D eigenvalue weighted by atomic mass is 35.5. The highest BCUT2D eigenvalue weighted by Crippen LogP contribution is 2.33. The first-order chi connectivity index (χ1) is 10.2. The number of methoxy groups -OCH3 is 2. The van der Waals surface area contributed by atoms with Gasteiger partial charge in [0, 0.05) is 11.6 Å². The number of nitrogens with two attached hydrogens (primary N) is 1. The number of benzene rings is 2. The standard InChI is InChI=1S/C16H17ClN2O2/c1-20-13-7-8-14(15(9-13)21-2)11-3-5-12(6-4-11)19-16(18)10-17/h3-9H,10H2,1-2H3,(H2,18,19). The fourth-order valence-electron chi connectivity index (χ4n) is 1.95. The van der Waals surface area contributed by atoms with Gasteiger partial charge < -0.3 is 15.2 Å². The number of halogens is 1. The van der Waals surface area contributed by atoms with E-state index in [0.29, 0.717) is 5.84 Å². The Morgan fingerprint density at radius 2 is 1.81 bits per heavy atom. The lowest BCUT2D eigenvalue weighted by molar-refractivity contribution is 0.395. The van der Waals surface area contributed by atoms with Crippen LogP contribution in [0.1, 0.15) is 0 Å². The van der Waals surface area contributed by atoms with Crippen molar-refractivity contribution < 1.29 is 9.47 Å². The molecule has 2 N–H and O–H groups in total. The van der Waals surface area contributed by atoms with Crippen molar-refractivity contribution in [1.29, 1.82) is 0 Å². The molecule has 2 rings (SSSR count). The summed E-state index contributed by atoms with van der Waals surface area (Å²) in [5.41, 5.74) is 8.40. The maximum absolute atomic E-state index is 5.62. The summed E-state index contributed by atoms with van der Waals surface area (Å²) in [4.78, 5) is 4.19. The molecule has 0 amide bonds. The first kappa shape index (κ1) is 15.2. The molecule has 0 heterocycles. The van der Waals surface area contributed by atoms with Gasteiger partial charge in [0.2, 0.25) is 0 Å². The summed E-state index contributed by atoms with van der Waals surface area (Å²) in [6.07, 6.45) is 0. The molecule has 0 fully saturated rings. The number of nitrogens with zero attached hydrogens (tertiary/aromatic N) is 1. The highest BCUT2D eigenvalue weighted by molar-refractivity contribution is 6.28. The van der Waals surface area contributed by atoms with Crippen molar-refractivity contribution >= 4 is 23.1 Å². The fraction of sp³-hybridized carbons (Fsp3) is 0.188. The van der Waals surface area contributed by atoms with E-state index in [2.05, 4.69) is 4.99 Å². The van der Waals surface area contributed by atoms with E-state index in [4.69, 9.17) is 26.8 Å². The van der Waals surface area contributed by atoms with Gasteiger partial charge in [-0.2, -0.15) is 0 Å². The first-order valence-corrected chi connectivity index (χ1v) is 6.93. The zero-order valence-corrected chi connectivity index (χ0v) is 12.7. The molecule has 0 radical (unpaired) electrons. The predicted octanol–water partition coefficient (Wildman–Crippen LogP) is 3.60. The van der Waals surface area contributed by atoms with Crippen LogP contribution in [0, 0.1) is 0 Å². The van der Waals surface area contributed by atoms with Crippen LogP contribution in [0.5, 0.6) is 11.5 Å². The van der Waals surface area contributed by atoms with E-state index in [1.165, 1.54) is 0 Å². The summed E-state index contributed by atoms with van der Waals surface area (Å²) in [7, 11) is 3.26. The van der Waals surface area contributed by atoms with Crippen molar-refractivity contribution in [3.05, 3.63) is 42.5 Å². The van der Waals surface area contributed by atoms with Crippen LogP contribution >= 0.6 is 11.6 Å².